The summed E-state index contributed by atoms with van der Waals surface area (Å²) in [5.41, 5.74) is 0.00885. The first-order valence-electron chi connectivity index (χ1n) is 7.25. The van der Waals surface area contributed by atoms with Crippen molar-refractivity contribution >= 4 is 16.9 Å². The van der Waals surface area contributed by atoms with E-state index in [0.29, 0.717) is 5.76 Å². The molecule has 1 N–H and O–H groups in total. The zero-order chi connectivity index (χ0) is 15.0. The van der Waals surface area contributed by atoms with Gasteiger partial charge in [-0.1, -0.05) is 18.2 Å². The van der Waals surface area contributed by atoms with Gasteiger partial charge in [0.05, 0.1) is 12.0 Å². The predicted octanol–water partition coefficient (Wildman–Crippen LogP) is 3.34. The molecule has 1 aliphatic rings. The third kappa shape index (κ3) is 2.52. The molecule has 1 fully saturated rings. The number of furan rings is 1. The van der Waals surface area contributed by atoms with Crippen molar-refractivity contribution in [3.05, 3.63) is 36.1 Å². The molecule has 1 aromatic heterocycles. The molecule has 108 valence electrons. The summed E-state index contributed by atoms with van der Waals surface area (Å²) in [6.45, 7) is 3.60. The zero-order valence-corrected chi connectivity index (χ0v) is 12.2. The molecular weight excluding hydrogens is 264 g/mol. The van der Waals surface area contributed by atoms with Crippen molar-refractivity contribution in [2.75, 3.05) is 0 Å². The third-order valence-corrected chi connectivity index (χ3v) is 4.27. The molecule has 4 nitrogen and oxygen atoms in total. The van der Waals surface area contributed by atoms with E-state index in [1.807, 2.05) is 30.3 Å². The maximum atomic E-state index is 12.4. The molecular formula is C17H18N2O2. The summed E-state index contributed by atoms with van der Waals surface area (Å²) in [5, 5.41) is 13.2. The molecule has 0 spiro atoms. The summed E-state index contributed by atoms with van der Waals surface area (Å²) in [6, 6.07) is 11.8. The lowest BCUT2D eigenvalue weighted by atomic mass is 9.96. The summed E-state index contributed by atoms with van der Waals surface area (Å²) < 4.78 is 5.73. The highest BCUT2D eigenvalue weighted by molar-refractivity contribution is 5.86. The highest BCUT2D eigenvalue weighted by Crippen LogP contribution is 2.39. The van der Waals surface area contributed by atoms with Gasteiger partial charge < -0.3 is 9.73 Å². The van der Waals surface area contributed by atoms with Crippen molar-refractivity contribution < 1.29 is 9.21 Å². The number of nitrogens with one attached hydrogen (secondary N) is 1. The molecule has 1 amide bonds. The van der Waals surface area contributed by atoms with E-state index in [1.54, 1.807) is 13.8 Å². The molecule has 2 unspecified atom stereocenters. The number of hydrogen-bond acceptors (Lipinski definition) is 3. The Kier molecular flexibility index (Phi) is 3.21. The van der Waals surface area contributed by atoms with Gasteiger partial charge in [0, 0.05) is 5.39 Å². The van der Waals surface area contributed by atoms with E-state index >= 15 is 0 Å². The molecule has 0 aliphatic heterocycles. The van der Waals surface area contributed by atoms with E-state index in [0.717, 1.165) is 23.8 Å². The molecule has 0 saturated heterocycles. The van der Waals surface area contributed by atoms with Crippen LogP contribution in [0.2, 0.25) is 0 Å². The van der Waals surface area contributed by atoms with Crippen LogP contribution in [-0.4, -0.2) is 11.4 Å². The maximum Gasteiger partial charge on any atom is 0.231 e. The molecule has 2 aromatic rings. The highest BCUT2D eigenvalue weighted by atomic mass is 16.3. The maximum absolute atomic E-state index is 12.4. The first kappa shape index (κ1) is 13.7. The molecule has 4 heteroatoms. The number of rotatable bonds is 4. The second-order valence-electron chi connectivity index (χ2n) is 5.99. The topological polar surface area (TPSA) is 66.0 Å². The summed E-state index contributed by atoms with van der Waals surface area (Å²) >= 11 is 0. The Morgan fingerprint density at radius 1 is 1.48 bits per heavy atom. The van der Waals surface area contributed by atoms with Gasteiger partial charge >= 0.3 is 0 Å². The molecule has 0 bridgehead atoms. The molecule has 2 atom stereocenters. The van der Waals surface area contributed by atoms with E-state index in [1.165, 1.54) is 0 Å². The van der Waals surface area contributed by atoms with Gasteiger partial charge in [0.2, 0.25) is 5.91 Å². The number of benzene rings is 1. The number of nitrogens with zero attached hydrogens (tertiary/aromatic N) is 1. The van der Waals surface area contributed by atoms with Crippen LogP contribution in [0.5, 0.6) is 0 Å². The first-order chi connectivity index (χ1) is 10.0. The Hall–Kier alpha value is -2.28. The number of fused-ring (bicyclic) bond motifs is 1. The lowest BCUT2D eigenvalue weighted by Crippen LogP contribution is -2.48. The number of para-hydroxylation sites is 1. The Morgan fingerprint density at radius 3 is 2.81 bits per heavy atom. The summed E-state index contributed by atoms with van der Waals surface area (Å²) in [4.78, 5) is 12.4. The lowest BCUT2D eigenvalue weighted by Gasteiger charge is -2.24. The number of carbonyl (C=O) groups excluding carboxylic acids is 1. The molecule has 1 saturated carbocycles. The standard InChI is InChI=1S/C17H18N2O2/c1-11(15-9-12-5-3-4-6-14(12)21-15)16(20)19-17(2,10-18)13-7-8-13/h3-6,9,11,13H,7-8H2,1-2H3,(H,19,20). The quantitative estimate of drug-likeness (QED) is 0.935. The molecule has 1 aromatic carbocycles. The van der Waals surface area contributed by atoms with Gasteiger partial charge in [-0.15, -0.1) is 0 Å². The van der Waals surface area contributed by atoms with Crippen molar-refractivity contribution in [1.82, 2.24) is 5.32 Å². The van der Waals surface area contributed by atoms with E-state index in [-0.39, 0.29) is 11.8 Å². The second kappa shape index (κ2) is 4.92. The van der Waals surface area contributed by atoms with E-state index in [9.17, 15) is 10.1 Å². The smallest absolute Gasteiger partial charge is 0.231 e. The predicted molar refractivity (Wildman–Crippen MR) is 79.5 cm³/mol. The summed E-state index contributed by atoms with van der Waals surface area (Å²) in [6.07, 6.45) is 2.01. The van der Waals surface area contributed by atoms with Crippen molar-refractivity contribution in [1.29, 1.82) is 5.26 Å². The minimum atomic E-state index is -0.767. The van der Waals surface area contributed by atoms with Crippen molar-refractivity contribution in [3.63, 3.8) is 0 Å². The number of amides is 1. The second-order valence-corrected chi connectivity index (χ2v) is 5.99. The SMILES string of the molecule is CC(C(=O)NC(C)(C#N)C1CC1)c1cc2ccccc2o1. The fourth-order valence-corrected chi connectivity index (χ4v) is 2.59. The Bertz CT molecular complexity index is 691. The average Bonchev–Trinajstić information content (AvgIpc) is 3.26. The van der Waals surface area contributed by atoms with Crippen LogP contribution >= 0.6 is 0 Å². The molecule has 3 rings (SSSR count). The van der Waals surface area contributed by atoms with Gasteiger partial charge in [-0.3, -0.25) is 4.79 Å². The van der Waals surface area contributed by atoms with Gasteiger partial charge in [-0.25, -0.2) is 0 Å². The third-order valence-electron chi connectivity index (χ3n) is 4.27. The van der Waals surface area contributed by atoms with Crippen LogP contribution in [0.15, 0.2) is 34.7 Å². The van der Waals surface area contributed by atoms with Crippen LogP contribution < -0.4 is 5.32 Å². The van der Waals surface area contributed by atoms with Gasteiger partial charge in [-0.2, -0.15) is 5.26 Å². The van der Waals surface area contributed by atoms with E-state index in [4.69, 9.17) is 4.42 Å². The molecule has 0 radical (unpaired) electrons. The van der Waals surface area contributed by atoms with Crippen LogP contribution in [0.1, 0.15) is 38.4 Å². The average molecular weight is 282 g/mol. The number of nitriles is 1. The first-order valence-corrected chi connectivity index (χ1v) is 7.25. The largest absolute Gasteiger partial charge is 0.460 e. The Morgan fingerprint density at radius 2 is 2.19 bits per heavy atom. The van der Waals surface area contributed by atoms with Crippen LogP contribution in [-0.2, 0) is 4.79 Å². The van der Waals surface area contributed by atoms with Crippen molar-refractivity contribution in [3.8, 4) is 6.07 Å². The molecule has 1 aliphatic carbocycles. The van der Waals surface area contributed by atoms with Crippen LogP contribution in [0, 0.1) is 17.2 Å². The minimum absolute atomic E-state index is 0.162. The molecule has 1 heterocycles. The van der Waals surface area contributed by atoms with Crippen LogP contribution in [0.3, 0.4) is 0 Å². The van der Waals surface area contributed by atoms with Gasteiger partial charge in [0.25, 0.3) is 0 Å². The Balaban J connectivity index is 1.79. The minimum Gasteiger partial charge on any atom is -0.460 e. The van der Waals surface area contributed by atoms with Crippen LogP contribution in [0.4, 0.5) is 0 Å². The van der Waals surface area contributed by atoms with E-state index < -0.39 is 11.5 Å². The van der Waals surface area contributed by atoms with Crippen LogP contribution in [0.25, 0.3) is 11.0 Å². The fraction of sp³-hybridized carbons (Fsp3) is 0.412. The van der Waals surface area contributed by atoms with E-state index in [2.05, 4.69) is 11.4 Å². The summed E-state index contributed by atoms with van der Waals surface area (Å²) in [5.74, 6) is 0.327. The zero-order valence-electron chi connectivity index (χ0n) is 12.2. The summed E-state index contributed by atoms with van der Waals surface area (Å²) in [7, 11) is 0. The van der Waals surface area contributed by atoms with Gasteiger partial charge in [-0.05, 0) is 44.7 Å². The van der Waals surface area contributed by atoms with Crippen molar-refractivity contribution in [2.45, 2.75) is 38.1 Å². The monoisotopic (exact) mass is 282 g/mol. The van der Waals surface area contributed by atoms with Crippen molar-refractivity contribution in [2.24, 2.45) is 5.92 Å². The normalized spacial score (nSPS) is 18.7. The van der Waals surface area contributed by atoms with Gasteiger partial charge in [0.1, 0.15) is 16.9 Å². The lowest BCUT2D eigenvalue weighted by molar-refractivity contribution is -0.123. The highest BCUT2D eigenvalue weighted by Gasteiger charge is 2.43. The number of hydrogen-bond donors (Lipinski definition) is 1. The molecule has 21 heavy (non-hydrogen) atoms. The Labute approximate surface area is 123 Å². The van der Waals surface area contributed by atoms with Gasteiger partial charge in [0.15, 0.2) is 0 Å². The fourth-order valence-electron chi connectivity index (χ4n) is 2.59. The number of carbonyl (C=O) groups is 1.